The molecule has 0 unspecified atom stereocenters. The Balaban J connectivity index is 2.03. The van der Waals surface area contributed by atoms with Gasteiger partial charge in [0.25, 0.3) is 0 Å². The fourth-order valence-corrected chi connectivity index (χ4v) is 3.43. The molecule has 0 amide bonds. The summed E-state index contributed by atoms with van der Waals surface area (Å²) in [7, 11) is 0. The predicted molar refractivity (Wildman–Crippen MR) is 97.4 cm³/mol. The summed E-state index contributed by atoms with van der Waals surface area (Å²) in [6, 6.07) is 20.5. The molecule has 130 valence electrons. The SMILES string of the molecule is CC1=C(C#N)C(=O)O[C@@]1(C)[C@@H](CC(=O)c1ccccc1)c1ccccc1. The first-order valence-electron chi connectivity index (χ1n) is 8.45. The molecule has 3 rings (SSSR count). The Kier molecular flexibility index (Phi) is 4.73. The summed E-state index contributed by atoms with van der Waals surface area (Å²) in [5, 5.41) is 9.28. The molecule has 0 saturated carbocycles. The first-order chi connectivity index (χ1) is 12.5. The van der Waals surface area contributed by atoms with Gasteiger partial charge in [0.05, 0.1) is 0 Å². The van der Waals surface area contributed by atoms with Crippen molar-refractivity contribution in [2.45, 2.75) is 31.8 Å². The van der Waals surface area contributed by atoms with Gasteiger partial charge in [0.1, 0.15) is 17.2 Å². The second-order valence-electron chi connectivity index (χ2n) is 6.56. The minimum absolute atomic E-state index is 0.0283. The average molecular weight is 345 g/mol. The van der Waals surface area contributed by atoms with Gasteiger partial charge in [-0.05, 0) is 25.0 Å². The van der Waals surface area contributed by atoms with Crippen molar-refractivity contribution in [3.05, 3.63) is 82.9 Å². The number of carbonyl (C=O) groups excluding carboxylic acids is 2. The van der Waals surface area contributed by atoms with Crippen LogP contribution in [0.3, 0.4) is 0 Å². The number of nitrogens with zero attached hydrogens (tertiary/aromatic N) is 1. The first kappa shape index (κ1) is 17.6. The normalized spacial score (nSPS) is 20.4. The molecule has 4 nitrogen and oxygen atoms in total. The second-order valence-corrected chi connectivity index (χ2v) is 6.56. The van der Waals surface area contributed by atoms with Crippen molar-refractivity contribution in [2.75, 3.05) is 0 Å². The molecule has 0 saturated heterocycles. The smallest absolute Gasteiger partial charge is 0.349 e. The highest BCUT2D eigenvalue weighted by atomic mass is 16.6. The van der Waals surface area contributed by atoms with E-state index in [2.05, 4.69) is 0 Å². The van der Waals surface area contributed by atoms with Gasteiger partial charge in [-0.2, -0.15) is 5.26 Å². The van der Waals surface area contributed by atoms with E-state index >= 15 is 0 Å². The van der Waals surface area contributed by atoms with Crippen LogP contribution in [0.15, 0.2) is 71.8 Å². The van der Waals surface area contributed by atoms with E-state index in [4.69, 9.17) is 4.74 Å². The molecule has 4 heteroatoms. The monoisotopic (exact) mass is 345 g/mol. The topological polar surface area (TPSA) is 67.2 Å². The van der Waals surface area contributed by atoms with Crippen LogP contribution in [0.1, 0.15) is 42.1 Å². The van der Waals surface area contributed by atoms with E-state index in [1.807, 2.05) is 54.6 Å². The minimum atomic E-state index is -1.03. The number of benzene rings is 2. The summed E-state index contributed by atoms with van der Waals surface area (Å²) in [5.41, 5.74) is 1.07. The fourth-order valence-electron chi connectivity index (χ4n) is 3.43. The zero-order valence-corrected chi connectivity index (χ0v) is 14.7. The predicted octanol–water partition coefficient (Wildman–Crippen LogP) is 4.20. The molecule has 0 bridgehead atoms. The summed E-state index contributed by atoms with van der Waals surface area (Å²) in [5.74, 6) is -1.04. The van der Waals surface area contributed by atoms with Gasteiger partial charge >= 0.3 is 5.97 Å². The van der Waals surface area contributed by atoms with Crippen molar-refractivity contribution in [1.29, 1.82) is 5.26 Å². The largest absolute Gasteiger partial charge is 0.450 e. The Morgan fingerprint density at radius 3 is 2.23 bits per heavy atom. The van der Waals surface area contributed by atoms with Crippen LogP contribution < -0.4 is 0 Å². The molecule has 1 heterocycles. The maximum Gasteiger partial charge on any atom is 0.349 e. The van der Waals surface area contributed by atoms with Crippen molar-refractivity contribution in [2.24, 2.45) is 0 Å². The van der Waals surface area contributed by atoms with Crippen molar-refractivity contribution >= 4 is 11.8 Å². The molecule has 0 aromatic heterocycles. The van der Waals surface area contributed by atoms with Crippen LogP contribution in [0.4, 0.5) is 0 Å². The molecule has 0 aliphatic carbocycles. The molecular weight excluding hydrogens is 326 g/mol. The third kappa shape index (κ3) is 3.04. The molecule has 0 N–H and O–H groups in total. The number of Topliss-reactive ketones (excluding diaryl/α,β-unsaturated/α-hetero) is 1. The van der Waals surface area contributed by atoms with Gasteiger partial charge in [-0.3, -0.25) is 4.79 Å². The van der Waals surface area contributed by atoms with E-state index in [0.29, 0.717) is 11.1 Å². The number of rotatable bonds is 5. The van der Waals surface area contributed by atoms with Gasteiger partial charge in [0.15, 0.2) is 5.78 Å². The Labute approximate surface area is 152 Å². The lowest BCUT2D eigenvalue weighted by Crippen LogP contribution is -2.36. The molecule has 2 aromatic rings. The summed E-state index contributed by atoms with van der Waals surface area (Å²) < 4.78 is 5.63. The molecule has 1 aliphatic heterocycles. The number of ketones is 1. The van der Waals surface area contributed by atoms with Crippen LogP contribution in [-0.2, 0) is 9.53 Å². The first-order valence-corrected chi connectivity index (χ1v) is 8.45. The molecular formula is C22H19NO3. The molecule has 2 aromatic carbocycles. The number of nitriles is 1. The van der Waals surface area contributed by atoms with Gasteiger partial charge in [0, 0.05) is 17.9 Å². The van der Waals surface area contributed by atoms with Crippen LogP contribution in [0.25, 0.3) is 0 Å². The van der Waals surface area contributed by atoms with Crippen LogP contribution in [0, 0.1) is 11.3 Å². The highest BCUT2D eigenvalue weighted by molar-refractivity contribution is 5.98. The quantitative estimate of drug-likeness (QED) is 0.602. The van der Waals surface area contributed by atoms with Gasteiger partial charge in [-0.15, -0.1) is 0 Å². The fraction of sp³-hybridized carbons (Fsp3) is 0.227. The maximum absolute atomic E-state index is 12.8. The third-order valence-electron chi connectivity index (χ3n) is 5.09. The lowest BCUT2D eigenvalue weighted by Gasteiger charge is -2.34. The van der Waals surface area contributed by atoms with E-state index in [1.165, 1.54) is 0 Å². The summed E-state index contributed by atoms with van der Waals surface area (Å²) in [6.45, 7) is 3.51. The van der Waals surface area contributed by atoms with E-state index in [9.17, 15) is 14.9 Å². The molecule has 2 atom stereocenters. The molecule has 0 fully saturated rings. The van der Waals surface area contributed by atoms with E-state index < -0.39 is 11.6 Å². The Morgan fingerprint density at radius 2 is 1.69 bits per heavy atom. The van der Waals surface area contributed by atoms with Crippen LogP contribution in [0.2, 0.25) is 0 Å². The summed E-state index contributed by atoms with van der Waals surface area (Å²) >= 11 is 0. The number of ether oxygens (including phenoxy) is 1. The molecule has 26 heavy (non-hydrogen) atoms. The van der Waals surface area contributed by atoms with Crippen molar-refractivity contribution in [1.82, 2.24) is 0 Å². The zero-order valence-electron chi connectivity index (χ0n) is 14.7. The summed E-state index contributed by atoms with van der Waals surface area (Å²) in [4.78, 5) is 25.0. The second kappa shape index (κ2) is 6.97. The van der Waals surface area contributed by atoms with Gasteiger partial charge in [0.2, 0.25) is 0 Å². The van der Waals surface area contributed by atoms with Gasteiger partial charge < -0.3 is 4.74 Å². The highest BCUT2D eigenvalue weighted by Crippen LogP contribution is 2.45. The van der Waals surface area contributed by atoms with Crippen LogP contribution >= 0.6 is 0 Å². The van der Waals surface area contributed by atoms with E-state index in [0.717, 1.165) is 5.56 Å². The van der Waals surface area contributed by atoms with Crippen molar-refractivity contribution in [3.8, 4) is 6.07 Å². The standard InChI is InChI=1S/C22H19NO3/c1-15-18(14-23)21(25)26-22(15,2)19(16-9-5-3-6-10-16)13-20(24)17-11-7-4-8-12-17/h3-12,19H,13H2,1-2H3/t19-,22+/m0/s1. The number of carbonyl (C=O) groups is 2. The number of esters is 1. The molecule has 0 radical (unpaired) electrons. The van der Waals surface area contributed by atoms with E-state index in [1.54, 1.807) is 26.0 Å². The van der Waals surface area contributed by atoms with E-state index in [-0.39, 0.29) is 23.7 Å². The Hall–Kier alpha value is -3.19. The zero-order chi connectivity index (χ0) is 18.7. The highest BCUT2D eigenvalue weighted by Gasteiger charge is 2.48. The Bertz CT molecular complexity index is 909. The minimum Gasteiger partial charge on any atom is -0.450 e. The van der Waals surface area contributed by atoms with Crippen molar-refractivity contribution < 1.29 is 14.3 Å². The van der Waals surface area contributed by atoms with Gasteiger partial charge in [-0.1, -0.05) is 60.7 Å². The summed E-state index contributed by atoms with van der Waals surface area (Å²) in [6.07, 6.45) is 0.174. The van der Waals surface area contributed by atoms with Crippen molar-refractivity contribution in [3.63, 3.8) is 0 Å². The van der Waals surface area contributed by atoms with Gasteiger partial charge in [-0.25, -0.2) is 4.79 Å². The number of hydrogen-bond donors (Lipinski definition) is 0. The Morgan fingerprint density at radius 1 is 1.12 bits per heavy atom. The number of hydrogen-bond acceptors (Lipinski definition) is 4. The lowest BCUT2D eigenvalue weighted by atomic mass is 9.75. The van der Waals surface area contributed by atoms with Crippen LogP contribution in [0.5, 0.6) is 0 Å². The maximum atomic E-state index is 12.8. The average Bonchev–Trinajstić information content (AvgIpc) is 2.89. The van der Waals surface area contributed by atoms with Crippen LogP contribution in [-0.4, -0.2) is 17.4 Å². The lowest BCUT2D eigenvalue weighted by molar-refractivity contribution is -0.147. The number of cyclic esters (lactones) is 1. The molecule has 1 aliphatic rings. The third-order valence-corrected chi connectivity index (χ3v) is 5.09. The molecule has 0 spiro atoms.